The number of hydrogen-bond donors (Lipinski definition) is 0. The molecule has 5 nitrogen and oxygen atoms in total. The summed E-state index contributed by atoms with van der Waals surface area (Å²) < 4.78 is 1.52. The Bertz CT molecular complexity index is 945. The number of hydrogen-bond acceptors (Lipinski definition) is 4. The molecule has 6 heteroatoms. The fourth-order valence-electron chi connectivity index (χ4n) is 2.80. The van der Waals surface area contributed by atoms with Gasteiger partial charge >= 0.3 is 0 Å². The van der Waals surface area contributed by atoms with Gasteiger partial charge in [-0.1, -0.05) is 24.3 Å². The number of aromatic nitrogens is 2. The van der Waals surface area contributed by atoms with Gasteiger partial charge in [0.2, 0.25) is 5.91 Å². The van der Waals surface area contributed by atoms with Crippen molar-refractivity contribution >= 4 is 27.5 Å². The predicted molar refractivity (Wildman–Crippen MR) is 101 cm³/mol. The fraction of sp³-hybridized carbons (Fsp3) is 0.316. The van der Waals surface area contributed by atoms with Gasteiger partial charge in [-0.3, -0.25) is 14.2 Å². The number of rotatable bonds is 6. The van der Waals surface area contributed by atoms with Gasteiger partial charge in [-0.05, 0) is 36.4 Å². The minimum Gasteiger partial charge on any atom is -0.339 e. The summed E-state index contributed by atoms with van der Waals surface area (Å²) >= 11 is 1.45. The summed E-state index contributed by atoms with van der Waals surface area (Å²) in [5.41, 5.74) is 2.24. The molecule has 0 N–H and O–H groups in total. The zero-order valence-electron chi connectivity index (χ0n) is 14.4. The van der Waals surface area contributed by atoms with E-state index in [1.807, 2.05) is 35.4 Å². The maximum absolute atomic E-state index is 12.6. The number of amides is 1. The average Bonchev–Trinajstić information content (AvgIpc) is 3.10. The Morgan fingerprint density at radius 1 is 1.28 bits per heavy atom. The van der Waals surface area contributed by atoms with Crippen LogP contribution < -0.4 is 5.56 Å². The standard InChI is InChI=1S/C19H21N3O2S/c1-3-21(12-15-7-5-4-6-14(15)2)17(23)8-10-22-13-20-18-16(19(22)24)9-11-25-18/h4-7,9,11,13H,3,8,10,12H2,1-2H3. The summed E-state index contributed by atoms with van der Waals surface area (Å²) in [4.78, 5) is 31.8. The molecule has 0 aliphatic rings. The second kappa shape index (κ2) is 7.61. The Labute approximate surface area is 150 Å². The minimum atomic E-state index is -0.0824. The molecule has 0 spiro atoms. The molecule has 0 unspecified atom stereocenters. The van der Waals surface area contributed by atoms with Crippen LogP contribution in [0, 0.1) is 6.92 Å². The maximum atomic E-state index is 12.6. The first-order valence-corrected chi connectivity index (χ1v) is 9.23. The second-order valence-corrected chi connectivity index (χ2v) is 6.86. The fourth-order valence-corrected chi connectivity index (χ4v) is 3.52. The summed E-state index contributed by atoms with van der Waals surface area (Å²) in [5.74, 6) is 0.0445. The molecule has 0 saturated carbocycles. The van der Waals surface area contributed by atoms with E-state index in [-0.39, 0.29) is 17.9 Å². The highest BCUT2D eigenvalue weighted by Crippen LogP contribution is 2.14. The van der Waals surface area contributed by atoms with Crippen molar-refractivity contribution in [1.29, 1.82) is 0 Å². The van der Waals surface area contributed by atoms with Crippen LogP contribution in [0.1, 0.15) is 24.5 Å². The lowest BCUT2D eigenvalue weighted by Crippen LogP contribution is -2.32. The molecule has 0 fully saturated rings. The van der Waals surface area contributed by atoms with Crippen molar-refractivity contribution in [3.8, 4) is 0 Å². The summed E-state index contributed by atoms with van der Waals surface area (Å²) in [7, 11) is 0. The van der Waals surface area contributed by atoms with E-state index >= 15 is 0 Å². The van der Waals surface area contributed by atoms with Gasteiger partial charge in [0.15, 0.2) is 0 Å². The van der Waals surface area contributed by atoms with Crippen molar-refractivity contribution in [2.24, 2.45) is 0 Å². The molecule has 2 aromatic heterocycles. The molecule has 0 bridgehead atoms. The molecule has 0 radical (unpaired) electrons. The van der Waals surface area contributed by atoms with Gasteiger partial charge in [0.25, 0.3) is 5.56 Å². The van der Waals surface area contributed by atoms with E-state index in [2.05, 4.69) is 18.0 Å². The number of nitrogens with zero attached hydrogens (tertiary/aromatic N) is 3. The first-order valence-electron chi connectivity index (χ1n) is 8.35. The number of benzene rings is 1. The molecule has 0 atom stereocenters. The molecule has 1 aromatic carbocycles. The molecule has 2 heterocycles. The Kier molecular flexibility index (Phi) is 5.28. The zero-order valence-corrected chi connectivity index (χ0v) is 15.3. The normalized spacial score (nSPS) is 11.0. The quantitative estimate of drug-likeness (QED) is 0.682. The second-order valence-electron chi connectivity index (χ2n) is 5.97. The molecule has 0 aliphatic carbocycles. The monoisotopic (exact) mass is 355 g/mol. The van der Waals surface area contributed by atoms with Crippen molar-refractivity contribution in [1.82, 2.24) is 14.5 Å². The van der Waals surface area contributed by atoms with Crippen LogP contribution in [-0.2, 0) is 17.9 Å². The lowest BCUT2D eigenvalue weighted by molar-refractivity contribution is -0.131. The summed E-state index contributed by atoms with van der Waals surface area (Å²) in [6.45, 7) is 5.61. The zero-order chi connectivity index (χ0) is 17.8. The Hall–Kier alpha value is -2.47. The van der Waals surface area contributed by atoms with E-state index in [4.69, 9.17) is 0 Å². The Balaban J connectivity index is 1.68. The molecule has 1 amide bonds. The Morgan fingerprint density at radius 3 is 2.84 bits per heavy atom. The van der Waals surface area contributed by atoms with Crippen LogP contribution in [-0.4, -0.2) is 26.9 Å². The van der Waals surface area contributed by atoms with Crippen LogP contribution in [0.15, 0.2) is 46.8 Å². The largest absolute Gasteiger partial charge is 0.339 e. The maximum Gasteiger partial charge on any atom is 0.262 e. The van der Waals surface area contributed by atoms with Gasteiger partial charge in [-0.2, -0.15) is 0 Å². The van der Waals surface area contributed by atoms with Gasteiger partial charge in [0, 0.05) is 26.1 Å². The van der Waals surface area contributed by atoms with Crippen LogP contribution in [0.25, 0.3) is 10.2 Å². The van der Waals surface area contributed by atoms with E-state index < -0.39 is 0 Å². The summed E-state index contributed by atoms with van der Waals surface area (Å²) in [5, 5.41) is 2.47. The van der Waals surface area contributed by atoms with Crippen LogP contribution in [0.2, 0.25) is 0 Å². The first-order chi connectivity index (χ1) is 12.1. The van der Waals surface area contributed by atoms with Crippen molar-refractivity contribution in [2.45, 2.75) is 33.4 Å². The van der Waals surface area contributed by atoms with E-state index in [1.54, 1.807) is 6.07 Å². The molecule has 0 aliphatic heterocycles. The van der Waals surface area contributed by atoms with E-state index in [9.17, 15) is 9.59 Å². The van der Waals surface area contributed by atoms with E-state index in [0.29, 0.717) is 25.0 Å². The Morgan fingerprint density at radius 2 is 2.08 bits per heavy atom. The molecule has 3 rings (SSSR count). The number of aryl methyl sites for hydroxylation is 2. The van der Waals surface area contributed by atoms with Crippen molar-refractivity contribution in [2.75, 3.05) is 6.54 Å². The number of carbonyl (C=O) groups excluding carboxylic acids is 1. The van der Waals surface area contributed by atoms with E-state index in [0.717, 1.165) is 10.4 Å². The average molecular weight is 355 g/mol. The molecule has 3 aromatic rings. The minimum absolute atomic E-state index is 0.0445. The molecule has 130 valence electrons. The highest BCUT2D eigenvalue weighted by atomic mass is 32.1. The number of carbonyl (C=O) groups is 1. The third-order valence-corrected chi connectivity index (χ3v) is 5.19. The smallest absolute Gasteiger partial charge is 0.262 e. The number of fused-ring (bicyclic) bond motifs is 1. The predicted octanol–water partition coefficient (Wildman–Crippen LogP) is 3.21. The van der Waals surface area contributed by atoms with Crippen LogP contribution in [0.3, 0.4) is 0 Å². The van der Waals surface area contributed by atoms with Gasteiger partial charge < -0.3 is 4.90 Å². The van der Waals surface area contributed by atoms with Crippen LogP contribution in [0.5, 0.6) is 0 Å². The SMILES string of the molecule is CCN(Cc1ccccc1C)C(=O)CCn1cnc2sccc2c1=O. The van der Waals surface area contributed by atoms with Crippen molar-refractivity contribution in [3.05, 3.63) is 63.5 Å². The highest BCUT2D eigenvalue weighted by Gasteiger charge is 2.14. The molecular weight excluding hydrogens is 334 g/mol. The van der Waals surface area contributed by atoms with E-state index in [1.165, 1.54) is 27.8 Å². The van der Waals surface area contributed by atoms with Crippen LogP contribution >= 0.6 is 11.3 Å². The third kappa shape index (κ3) is 3.79. The van der Waals surface area contributed by atoms with Gasteiger partial charge in [0.05, 0.1) is 11.7 Å². The van der Waals surface area contributed by atoms with Crippen molar-refractivity contribution in [3.63, 3.8) is 0 Å². The van der Waals surface area contributed by atoms with Gasteiger partial charge in [-0.15, -0.1) is 11.3 Å². The molecule has 25 heavy (non-hydrogen) atoms. The van der Waals surface area contributed by atoms with Gasteiger partial charge in [0.1, 0.15) is 4.83 Å². The lowest BCUT2D eigenvalue weighted by Gasteiger charge is -2.22. The lowest BCUT2D eigenvalue weighted by atomic mass is 10.1. The molecular formula is C19H21N3O2S. The highest BCUT2D eigenvalue weighted by molar-refractivity contribution is 7.16. The van der Waals surface area contributed by atoms with Gasteiger partial charge in [-0.25, -0.2) is 4.98 Å². The molecule has 0 saturated heterocycles. The topological polar surface area (TPSA) is 55.2 Å². The number of thiophene rings is 1. The van der Waals surface area contributed by atoms with Crippen LogP contribution in [0.4, 0.5) is 0 Å². The van der Waals surface area contributed by atoms with Crippen molar-refractivity contribution < 1.29 is 4.79 Å². The third-order valence-electron chi connectivity index (χ3n) is 4.37. The summed E-state index contributed by atoms with van der Waals surface area (Å²) in [6, 6.07) is 9.86. The summed E-state index contributed by atoms with van der Waals surface area (Å²) in [6.07, 6.45) is 1.82. The first kappa shape index (κ1) is 17.4.